The van der Waals surface area contributed by atoms with Crippen LogP contribution in [-0.4, -0.2) is 120 Å². The molecule has 0 aromatic rings. The monoisotopic (exact) mass is 1110 g/mol. The van der Waals surface area contributed by atoms with Crippen LogP contribution in [0.25, 0.3) is 0 Å². The second kappa shape index (κ2) is 68.2. The lowest BCUT2D eigenvalue weighted by Gasteiger charge is -2.24. The average molecular weight is 1110 g/mol. The van der Waals surface area contributed by atoms with Crippen LogP contribution in [0.2, 0.25) is 0 Å². The van der Waals surface area contributed by atoms with Gasteiger partial charge in [0.1, 0.15) is 0 Å². The highest BCUT2D eigenvalue weighted by Gasteiger charge is 2.19. The number of carbonyl (C=O) groups excluding carboxylic acids is 2. The lowest BCUT2D eigenvalue weighted by Crippen LogP contribution is -2.40. The summed E-state index contributed by atoms with van der Waals surface area (Å²) in [6.45, 7) is 11.8. The van der Waals surface area contributed by atoms with E-state index in [0.29, 0.717) is 26.1 Å². The normalized spacial score (nSPS) is 12.2. The van der Waals surface area contributed by atoms with Crippen molar-refractivity contribution in [2.24, 2.45) is 0 Å². The molecule has 0 aromatic carbocycles. The molecule has 0 bridgehead atoms. The summed E-state index contributed by atoms with van der Waals surface area (Å²) in [6.07, 6.45) is 62.0. The van der Waals surface area contributed by atoms with Crippen molar-refractivity contribution in [1.29, 1.82) is 0 Å². The van der Waals surface area contributed by atoms with Crippen LogP contribution in [-0.2, 0) is 19.1 Å². The summed E-state index contributed by atoms with van der Waals surface area (Å²) < 4.78 is 11.3. The molecular weight excluding hydrogens is 973 g/mol. The fraction of sp³-hybridized carbons (Fsp3) is 0.971. The van der Waals surface area contributed by atoms with Crippen molar-refractivity contribution in [3.8, 4) is 0 Å². The smallest absolute Gasteiger partial charge is 0.222 e. The standard InChI is InChI=1S/C37H75NO4.C31H63NO4/c1-3-5-7-9-11-13-15-17-19-21-23-25-27-29-33-42-35-36(40)34-38(31-32-39)37(41)30-28-26-24-22-20-18-16-14-12-10-8-6-4-2;1-3-5-7-9-11-12-13-14-15-16-17-19-21-23-27-36-29-30(34)28-32(25-26-33)31(35)24-22-20-18-10-8-6-4-2/h36,39-40H,3-35H2,1-2H3;30,33-34H,3-29H2,1-2H3. The van der Waals surface area contributed by atoms with Gasteiger partial charge >= 0.3 is 0 Å². The maximum atomic E-state index is 12.7. The SMILES string of the molecule is CCCCCCCCCCCCCCCCOCC(O)CN(CCO)C(=O)CCCCCCCCC.CCCCCCCCCCCCCCCCOCC(O)CN(CCO)C(=O)CCCCCCCCCCCCCCC. The lowest BCUT2D eigenvalue weighted by molar-refractivity contribution is -0.134. The van der Waals surface area contributed by atoms with Crippen LogP contribution in [0.4, 0.5) is 0 Å². The van der Waals surface area contributed by atoms with Gasteiger partial charge < -0.3 is 39.7 Å². The van der Waals surface area contributed by atoms with E-state index in [2.05, 4.69) is 27.7 Å². The highest BCUT2D eigenvalue weighted by atomic mass is 16.5. The Kier molecular flexibility index (Phi) is 68.9. The largest absolute Gasteiger partial charge is 0.395 e. The van der Waals surface area contributed by atoms with E-state index < -0.39 is 12.2 Å². The summed E-state index contributed by atoms with van der Waals surface area (Å²) in [5, 5.41) is 39.4. The predicted molar refractivity (Wildman–Crippen MR) is 335 cm³/mol. The van der Waals surface area contributed by atoms with Crippen molar-refractivity contribution < 1.29 is 39.5 Å². The van der Waals surface area contributed by atoms with Crippen molar-refractivity contribution >= 4 is 11.8 Å². The third kappa shape index (κ3) is 62.3. The van der Waals surface area contributed by atoms with Gasteiger partial charge in [0.25, 0.3) is 0 Å². The van der Waals surface area contributed by atoms with Gasteiger partial charge in [-0.3, -0.25) is 9.59 Å². The summed E-state index contributed by atoms with van der Waals surface area (Å²) in [6, 6.07) is 0. The molecule has 10 nitrogen and oxygen atoms in total. The number of amides is 2. The Morgan fingerprint density at radius 2 is 0.500 bits per heavy atom. The van der Waals surface area contributed by atoms with Gasteiger partial charge in [-0.05, 0) is 25.7 Å². The zero-order valence-corrected chi connectivity index (χ0v) is 52.9. The van der Waals surface area contributed by atoms with Gasteiger partial charge in [0.2, 0.25) is 11.8 Å². The first kappa shape index (κ1) is 78.8. The molecule has 0 heterocycles. The van der Waals surface area contributed by atoms with Crippen LogP contribution in [0.15, 0.2) is 0 Å². The molecule has 0 aliphatic rings. The summed E-state index contributed by atoms with van der Waals surface area (Å²) in [7, 11) is 0. The molecule has 0 spiro atoms. The maximum absolute atomic E-state index is 12.7. The first-order valence-electron chi connectivity index (χ1n) is 34.6. The zero-order valence-electron chi connectivity index (χ0n) is 52.9. The molecule has 2 unspecified atom stereocenters. The van der Waals surface area contributed by atoms with Crippen LogP contribution < -0.4 is 0 Å². The Balaban J connectivity index is 0. The maximum Gasteiger partial charge on any atom is 0.222 e. The van der Waals surface area contributed by atoms with Gasteiger partial charge in [-0.2, -0.15) is 0 Å². The summed E-state index contributed by atoms with van der Waals surface area (Å²) in [5.41, 5.74) is 0. The van der Waals surface area contributed by atoms with E-state index in [4.69, 9.17) is 9.47 Å². The minimum Gasteiger partial charge on any atom is -0.395 e. The van der Waals surface area contributed by atoms with Gasteiger partial charge in [-0.25, -0.2) is 0 Å². The third-order valence-corrected chi connectivity index (χ3v) is 15.7. The number of unbranched alkanes of at least 4 members (excludes halogenated alkanes) is 44. The number of aliphatic hydroxyl groups is 4. The second-order valence-electron chi connectivity index (χ2n) is 23.6. The van der Waals surface area contributed by atoms with Crippen LogP contribution in [0, 0.1) is 0 Å². The van der Waals surface area contributed by atoms with Crippen molar-refractivity contribution in [2.75, 3.05) is 65.8 Å². The van der Waals surface area contributed by atoms with Crippen LogP contribution in [0.5, 0.6) is 0 Å². The molecule has 0 aromatic heterocycles. The molecule has 2 amide bonds. The molecule has 10 heteroatoms. The van der Waals surface area contributed by atoms with Gasteiger partial charge in [-0.1, -0.05) is 310 Å². The quantitative estimate of drug-likeness (QED) is 0.0442. The van der Waals surface area contributed by atoms with Crippen LogP contribution >= 0.6 is 0 Å². The van der Waals surface area contributed by atoms with Crippen LogP contribution in [0.3, 0.4) is 0 Å². The molecule has 468 valence electrons. The summed E-state index contributed by atoms with van der Waals surface area (Å²) >= 11 is 0. The van der Waals surface area contributed by atoms with Crippen molar-refractivity contribution in [1.82, 2.24) is 9.80 Å². The van der Waals surface area contributed by atoms with E-state index in [1.807, 2.05) is 0 Å². The van der Waals surface area contributed by atoms with Crippen molar-refractivity contribution in [3.05, 3.63) is 0 Å². The highest BCUT2D eigenvalue weighted by Crippen LogP contribution is 2.17. The molecule has 0 fully saturated rings. The number of carbonyl (C=O) groups is 2. The van der Waals surface area contributed by atoms with E-state index in [0.717, 1.165) is 38.5 Å². The molecule has 0 rings (SSSR count). The molecule has 4 N–H and O–H groups in total. The number of nitrogens with zero attached hydrogens (tertiary/aromatic N) is 2. The summed E-state index contributed by atoms with van der Waals surface area (Å²) in [4.78, 5) is 28.4. The number of rotatable bonds is 64. The van der Waals surface area contributed by atoms with Gasteiger partial charge in [0.15, 0.2) is 0 Å². The van der Waals surface area contributed by atoms with Crippen molar-refractivity contribution in [2.45, 2.75) is 361 Å². The summed E-state index contributed by atoms with van der Waals surface area (Å²) in [5.74, 6) is 0.0711. The van der Waals surface area contributed by atoms with Crippen molar-refractivity contribution in [3.63, 3.8) is 0 Å². The number of hydrogen-bond donors (Lipinski definition) is 4. The van der Waals surface area contributed by atoms with E-state index in [9.17, 15) is 30.0 Å². The van der Waals surface area contributed by atoms with E-state index >= 15 is 0 Å². The molecule has 0 aliphatic carbocycles. The van der Waals surface area contributed by atoms with Gasteiger partial charge in [-0.15, -0.1) is 0 Å². The zero-order chi connectivity index (χ0) is 57.3. The Labute approximate surface area is 485 Å². The molecule has 0 radical (unpaired) electrons. The second-order valence-corrected chi connectivity index (χ2v) is 23.6. The highest BCUT2D eigenvalue weighted by molar-refractivity contribution is 5.76. The first-order valence-corrected chi connectivity index (χ1v) is 34.6. The van der Waals surface area contributed by atoms with E-state index in [-0.39, 0.29) is 64.4 Å². The van der Waals surface area contributed by atoms with E-state index in [1.165, 1.54) is 270 Å². The molecule has 0 saturated carbocycles. The number of aliphatic hydroxyl groups excluding tert-OH is 4. The average Bonchev–Trinajstić information content (AvgIpc) is 3.43. The Hall–Kier alpha value is -1.30. The Morgan fingerprint density at radius 3 is 0.705 bits per heavy atom. The first-order chi connectivity index (χ1) is 38.3. The Bertz CT molecular complexity index is 1150. The van der Waals surface area contributed by atoms with Crippen LogP contribution in [0.1, 0.15) is 349 Å². The Morgan fingerprint density at radius 1 is 0.308 bits per heavy atom. The molecule has 2 atom stereocenters. The third-order valence-electron chi connectivity index (χ3n) is 15.7. The molecule has 0 saturated heterocycles. The van der Waals surface area contributed by atoms with Gasteiger partial charge in [0, 0.05) is 52.2 Å². The topological polar surface area (TPSA) is 140 Å². The number of hydrogen-bond acceptors (Lipinski definition) is 8. The fourth-order valence-electron chi connectivity index (χ4n) is 10.6. The molecular formula is C68H138N2O8. The predicted octanol–water partition coefficient (Wildman–Crippen LogP) is 18.0. The minimum atomic E-state index is -0.696. The molecule has 0 aliphatic heterocycles. The molecule has 78 heavy (non-hydrogen) atoms. The van der Waals surface area contributed by atoms with Gasteiger partial charge in [0.05, 0.1) is 38.6 Å². The lowest BCUT2D eigenvalue weighted by atomic mass is 10.0. The number of ether oxygens (including phenoxy) is 2. The fourth-order valence-corrected chi connectivity index (χ4v) is 10.6. The minimum absolute atomic E-state index is 0.0311. The van der Waals surface area contributed by atoms with E-state index in [1.54, 1.807) is 9.80 Å².